The maximum absolute atomic E-state index is 5.82. The van der Waals surface area contributed by atoms with Gasteiger partial charge in [0.2, 0.25) is 0 Å². The van der Waals surface area contributed by atoms with Crippen molar-refractivity contribution in [2.75, 3.05) is 6.26 Å². The number of rotatable bonds is 5. The summed E-state index contributed by atoms with van der Waals surface area (Å²) in [5.74, 6) is 0.789. The van der Waals surface area contributed by atoms with Gasteiger partial charge in [0.15, 0.2) is 0 Å². The Morgan fingerprint density at radius 2 is 2.00 bits per heavy atom. The minimum absolute atomic E-state index is 0.535. The minimum atomic E-state index is 0.535. The van der Waals surface area contributed by atoms with Crippen LogP contribution in [0.2, 0.25) is 0 Å². The standard InChI is InChI=1S/C15H14N4OS/c1-21-15-7-5-12(6-8-15)10-20-14-4-2-3-13(9-14)19-11-16-17-18-19/h2-9,11H,10H2,1H3. The van der Waals surface area contributed by atoms with Gasteiger partial charge in [-0.05, 0) is 46.5 Å². The monoisotopic (exact) mass is 298 g/mol. The van der Waals surface area contributed by atoms with Crippen LogP contribution in [-0.4, -0.2) is 26.5 Å². The summed E-state index contributed by atoms with van der Waals surface area (Å²) in [6.07, 6.45) is 3.62. The Morgan fingerprint density at radius 1 is 1.14 bits per heavy atom. The number of hydrogen-bond donors (Lipinski definition) is 0. The van der Waals surface area contributed by atoms with Crippen LogP contribution in [0.5, 0.6) is 5.75 Å². The lowest BCUT2D eigenvalue weighted by molar-refractivity contribution is 0.306. The summed E-state index contributed by atoms with van der Waals surface area (Å²) in [5.41, 5.74) is 2.01. The molecule has 0 fully saturated rings. The zero-order valence-corrected chi connectivity index (χ0v) is 12.3. The van der Waals surface area contributed by atoms with Gasteiger partial charge in [0.05, 0.1) is 5.69 Å². The van der Waals surface area contributed by atoms with Gasteiger partial charge in [-0.3, -0.25) is 0 Å². The van der Waals surface area contributed by atoms with Crippen molar-refractivity contribution in [3.8, 4) is 11.4 Å². The lowest BCUT2D eigenvalue weighted by atomic mass is 10.2. The van der Waals surface area contributed by atoms with E-state index in [1.54, 1.807) is 22.8 Å². The molecular formula is C15H14N4OS. The fourth-order valence-electron chi connectivity index (χ4n) is 1.88. The number of thioether (sulfide) groups is 1. The zero-order chi connectivity index (χ0) is 14.5. The Bertz CT molecular complexity index is 698. The van der Waals surface area contributed by atoms with Crippen LogP contribution in [0, 0.1) is 0 Å². The Labute approximate surface area is 126 Å². The van der Waals surface area contributed by atoms with E-state index >= 15 is 0 Å². The molecule has 2 aromatic carbocycles. The maximum atomic E-state index is 5.82. The molecule has 0 saturated heterocycles. The van der Waals surface area contributed by atoms with Gasteiger partial charge in [-0.15, -0.1) is 16.9 Å². The van der Waals surface area contributed by atoms with Crippen molar-refractivity contribution in [1.82, 2.24) is 20.2 Å². The van der Waals surface area contributed by atoms with E-state index in [2.05, 4.69) is 46.0 Å². The minimum Gasteiger partial charge on any atom is -0.489 e. The van der Waals surface area contributed by atoms with Crippen LogP contribution >= 0.6 is 11.8 Å². The number of tetrazole rings is 1. The van der Waals surface area contributed by atoms with E-state index < -0.39 is 0 Å². The number of aromatic nitrogens is 4. The third-order valence-corrected chi connectivity index (χ3v) is 3.74. The first kappa shape index (κ1) is 13.6. The predicted molar refractivity (Wildman–Crippen MR) is 81.7 cm³/mol. The molecule has 5 nitrogen and oxygen atoms in total. The van der Waals surface area contributed by atoms with E-state index in [1.807, 2.05) is 24.3 Å². The van der Waals surface area contributed by atoms with Gasteiger partial charge in [0, 0.05) is 11.0 Å². The molecule has 0 aliphatic heterocycles. The molecule has 0 aliphatic carbocycles. The summed E-state index contributed by atoms with van der Waals surface area (Å²) in [5, 5.41) is 11.1. The van der Waals surface area contributed by atoms with Crippen LogP contribution in [0.3, 0.4) is 0 Å². The van der Waals surface area contributed by atoms with Crippen LogP contribution < -0.4 is 4.74 Å². The van der Waals surface area contributed by atoms with E-state index in [9.17, 15) is 0 Å². The highest BCUT2D eigenvalue weighted by Crippen LogP contribution is 2.19. The first-order chi connectivity index (χ1) is 10.3. The third kappa shape index (κ3) is 3.41. The van der Waals surface area contributed by atoms with Gasteiger partial charge in [0.25, 0.3) is 0 Å². The normalized spacial score (nSPS) is 10.5. The second-order valence-electron chi connectivity index (χ2n) is 4.39. The first-order valence-electron chi connectivity index (χ1n) is 6.44. The van der Waals surface area contributed by atoms with Crippen LogP contribution in [0.4, 0.5) is 0 Å². The van der Waals surface area contributed by atoms with E-state index in [0.29, 0.717) is 6.61 Å². The number of hydrogen-bond acceptors (Lipinski definition) is 5. The summed E-state index contributed by atoms with van der Waals surface area (Å²) in [4.78, 5) is 1.25. The summed E-state index contributed by atoms with van der Waals surface area (Å²) in [6, 6.07) is 16.0. The van der Waals surface area contributed by atoms with Crippen molar-refractivity contribution in [2.24, 2.45) is 0 Å². The Hall–Kier alpha value is -2.34. The summed E-state index contributed by atoms with van der Waals surface area (Å²) in [7, 11) is 0. The van der Waals surface area contributed by atoms with Crippen molar-refractivity contribution >= 4 is 11.8 Å². The quantitative estimate of drug-likeness (QED) is 0.678. The van der Waals surface area contributed by atoms with Crippen LogP contribution in [0.15, 0.2) is 59.8 Å². The molecular weight excluding hydrogens is 284 g/mol. The Balaban J connectivity index is 1.68. The van der Waals surface area contributed by atoms with Crippen molar-refractivity contribution in [2.45, 2.75) is 11.5 Å². The van der Waals surface area contributed by atoms with Gasteiger partial charge in [-0.25, -0.2) is 4.68 Å². The topological polar surface area (TPSA) is 52.8 Å². The fraction of sp³-hybridized carbons (Fsp3) is 0.133. The third-order valence-electron chi connectivity index (χ3n) is 3.00. The summed E-state index contributed by atoms with van der Waals surface area (Å²) < 4.78 is 7.41. The molecule has 3 rings (SSSR count). The van der Waals surface area contributed by atoms with Crippen molar-refractivity contribution in [3.05, 3.63) is 60.4 Å². The Kier molecular flexibility index (Phi) is 4.16. The van der Waals surface area contributed by atoms with E-state index in [-0.39, 0.29) is 0 Å². The molecule has 0 spiro atoms. The summed E-state index contributed by atoms with van der Waals surface area (Å²) >= 11 is 1.73. The molecule has 0 saturated carbocycles. The molecule has 0 atom stereocenters. The van der Waals surface area contributed by atoms with Gasteiger partial charge in [0.1, 0.15) is 18.7 Å². The number of ether oxygens (including phenoxy) is 1. The number of benzene rings is 2. The van der Waals surface area contributed by atoms with Gasteiger partial charge < -0.3 is 4.74 Å². The van der Waals surface area contributed by atoms with Crippen LogP contribution in [0.25, 0.3) is 5.69 Å². The highest BCUT2D eigenvalue weighted by atomic mass is 32.2. The van der Waals surface area contributed by atoms with E-state index in [4.69, 9.17) is 4.74 Å². The van der Waals surface area contributed by atoms with Gasteiger partial charge in [-0.2, -0.15) is 0 Å². The molecule has 0 aliphatic rings. The summed E-state index contributed by atoms with van der Waals surface area (Å²) in [6.45, 7) is 0.535. The smallest absolute Gasteiger partial charge is 0.143 e. The van der Waals surface area contributed by atoms with Crippen molar-refractivity contribution < 1.29 is 4.74 Å². The molecule has 0 N–H and O–H groups in total. The fourth-order valence-corrected chi connectivity index (χ4v) is 2.29. The average molecular weight is 298 g/mol. The molecule has 0 bridgehead atoms. The first-order valence-corrected chi connectivity index (χ1v) is 7.67. The molecule has 21 heavy (non-hydrogen) atoms. The van der Waals surface area contributed by atoms with Crippen molar-refractivity contribution in [1.29, 1.82) is 0 Å². The van der Waals surface area contributed by atoms with Gasteiger partial charge in [-0.1, -0.05) is 18.2 Å². The molecule has 6 heteroatoms. The van der Waals surface area contributed by atoms with Crippen molar-refractivity contribution in [3.63, 3.8) is 0 Å². The molecule has 3 aromatic rings. The van der Waals surface area contributed by atoms with Gasteiger partial charge >= 0.3 is 0 Å². The SMILES string of the molecule is CSc1ccc(COc2cccc(-n3cnnn3)c2)cc1. The predicted octanol–water partition coefficient (Wildman–Crippen LogP) is 2.96. The highest BCUT2D eigenvalue weighted by molar-refractivity contribution is 7.98. The second-order valence-corrected chi connectivity index (χ2v) is 5.27. The highest BCUT2D eigenvalue weighted by Gasteiger charge is 2.01. The molecule has 106 valence electrons. The van der Waals surface area contributed by atoms with E-state index in [1.165, 1.54) is 4.90 Å². The molecule has 1 heterocycles. The maximum Gasteiger partial charge on any atom is 0.143 e. The number of nitrogens with zero attached hydrogens (tertiary/aromatic N) is 4. The van der Waals surface area contributed by atoms with E-state index in [0.717, 1.165) is 17.0 Å². The lowest BCUT2D eigenvalue weighted by Gasteiger charge is -2.08. The molecule has 0 unspecified atom stereocenters. The molecule has 0 radical (unpaired) electrons. The molecule has 0 amide bonds. The zero-order valence-electron chi connectivity index (χ0n) is 11.5. The largest absolute Gasteiger partial charge is 0.489 e. The second kappa shape index (κ2) is 6.41. The van der Waals surface area contributed by atoms with Crippen LogP contribution in [0.1, 0.15) is 5.56 Å². The van der Waals surface area contributed by atoms with Crippen LogP contribution in [-0.2, 0) is 6.61 Å². The lowest BCUT2D eigenvalue weighted by Crippen LogP contribution is -1.98. The Morgan fingerprint density at radius 3 is 2.71 bits per heavy atom. The molecule has 1 aromatic heterocycles. The average Bonchev–Trinajstić information content (AvgIpc) is 3.08.